The van der Waals surface area contributed by atoms with Gasteiger partial charge in [-0.05, 0) is 17.7 Å². The number of fused-ring (bicyclic) bond motifs is 1. The molecule has 0 aromatic heterocycles. The lowest BCUT2D eigenvalue weighted by molar-refractivity contribution is 0.0703. The molecule has 1 aromatic carbocycles. The Bertz CT molecular complexity index is 427. The van der Waals surface area contributed by atoms with Crippen LogP contribution in [0.4, 0.5) is 0 Å². The summed E-state index contributed by atoms with van der Waals surface area (Å²) in [6, 6.07) is 5.52. The smallest absolute Gasteiger partial charge is 0.161 e. The van der Waals surface area contributed by atoms with Crippen molar-refractivity contribution in [3.63, 3.8) is 0 Å². The van der Waals surface area contributed by atoms with Crippen LogP contribution < -0.4 is 14.8 Å². The molecule has 1 atom stereocenters. The maximum absolute atomic E-state index is 10.1. The van der Waals surface area contributed by atoms with Crippen molar-refractivity contribution in [2.75, 3.05) is 53.2 Å². The van der Waals surface area contributed by atoms with E-state index in [4.69, 9.17) is 18.9 Å². The van der Waals surface area contributed by atoms with Crippen LogP contribution >= 0.6 is 0 Å². The third kappa shape index (κ3) is 5.17. The van der Waals surface area contributed by atoms with E-state index in [1.54, 1.807) is 7.11 Å². The molecule has 0 amide bonds. The molecule has 0 spiro atoms. The topological polar surface area (TPSA) is 69.2 Å². The summed E-state index contributed by atoms with van der Waals surface area (Å²) in [6.07, 6.45) is -0.584. The Morgan fingerprint density at radius 3 is 2.81 bits per heavy atom. The van der Waals surface area contributed by atoms with E-state index in [1.807, 2.05) is 18.2 Å². The van der Waals surface area contributed by atoms with Crippen LogP contribution in [0.1, 0.15) is 11.7 Å². The van der Waals surface area contributed by atoms with E-state index < -0.39 is 6.10 Å². The molecule has 0 radical (unpaired) electrons. The van der Waals surface area contributed by atoms with Gasteiger partial charge in [-0.1, -0.05) is 6.07 Å². The van der Waals surface area contributed by atoms with Crippen LogP contribution in [-0.4, -0.2) is 58.3 Å². The molecule has 0 bridgehead atoms. The summed E-state index contributed by atoms with van der Waals surface area (Å²) >= 11 is 0. The highest BCUT2D eigenvalue weighted by molar-refractivity contribution is 5.44. The number of rotatable bonds is 9. The van der Waals surface area contributed by atoms with Gasteiger partial charge in [0.25, 0.3) is 0 Å². The van der Waals surface area contributed by atoms with Crippen molar-refractivity contribution in [2.45, 2.75) is 6.10 Å². The zero-order valence-electron chi connectivity index (χ0n) is 12.3. The van der Waals surface area contributed by atoms with Gasteiger partial charge in [0.15, 0.2) is 11.5 Å². The number of benzene rings is 1. The maximum atomic E-state index is 10.1. The molecular weight excluding hydrogens is 274 g/mol. The molecule has 1 aliphatic rings. The van der Waals surface area contributed by atoms with Crippen molar-refractivity contribution in [1.29, 1.82) is 0 Å². The predicted octanol–water partition coefficient (Wildman–Crippen LogP) is 0.744. The molecule has 6 heteroatoms. The third-order valence-corrected chi connectivity index (χ3v) is 3.14. The van der Waals surface area contributed by atoms with Crippen LogP contribution in [0.5, 0.6) is 11.5 Å². The number of aliphatic hydroxyl groups excluding tert-OH is 1. The van der Waals surface area contributed by atoms with Crippen molar-refractivity contribution in [1.82, 2.24) is 5.32 Å². The molecule has 1 unspecified atom stereocenters. The lowest BCUT2D eigenvalue weighted by Gasteiger charge is -2.20. The molecule has 21 heavy (non-hydrogen) atoms. The maximum Gasteiger partial charge on any atom is 0.161 e. The van der Waals surface area contributed by atoms with Crippen LogP contribution in [-0.2, 0) is 9.47 Å². The van der Waals surface area contributed by atoms with Gasteiger partial charge in [-0.2, -0.15) is 0 Å². The fourth-order valence-corrected chi connectivity index (χ4v) is 2.01. The summed E-state index contributed by atoms with van der Waals surface area (Å²) in [5, 5.41) is 13.3. The van der Waals surface area contributed by atoms with E-state index in [0.29, 0.717) is 51.9 Å². The minimum Gasteiger partial charge on any atom is -0.486 e. The second kappa shape index (κ2) is 8.84. The molecule has 0 aliphatic carbocycles. The summed E-state index contributed by atoms with van der Waals surface area (Å²) in [5.41, 5.74) is 0.812. The minimum atomic E-state index is -0.584. The standard InChI is InChI=1S/C15H23NO5/c1-18-6-7-19-5-4-16-11-13(17)12-2-3-14-15(10-12)21-9-8-20-14/h2-3,10,13,16-17H,4-9,11H2,1H3. The first-order chi connectivity index (χ1) is 10.3. The van der Waals surface area contributed by atoms with Crippen LogP contribution in [0.3, 0.4) is 0 Å². The average molecular weight is 297 g/mol. The Kier molecular flexibility index (Phi) is 6.75. The average Bonchev–Trinajstić information content (AvgIpc) is 2.53. The van der Waals surface area contributed by atoms with E-state index in [9.17, 15) is 5.11 Å². The normalized spacial score (nSPS) is 15.0. The highest BCUT2D eigenvalue weighted by Crippen LogP contribution is 2.32. The summed E-state index contributed by atoms with van der Waals surface area (Å²) in [6.45, 7) is 4.04. The fourth-order valence-electron chi connectivity index (χ4n) is 2.01. The quantitative estimate of drug-likeness (QED) is 0.655. The van der Waals surface area contributed by atoms with Gasteiger partial charge in [-0.15, -0.1) is 0 Å². The van der Waals surface area contributed by atoms with E-state index in [1.165, 1.54) is 0 Å². The van der Waals surface area contributed by atoms with Gasteiger partial charge in [0.05, 0.1) is 25.9 Å². The van der Waals surface area contributed by atoms with Crippen LogP contribution in [0, 0.1) is 0 Å². The van der Waals surface area contributed by atoms with Gasteiger partial charge in [0, 0.05) is 20.2 Å². The van der Waals surface area contributed by atoms with Crippen LogP contribution in [0.2, 0.25) is 0 Å². The van der Waals surface area contributed by atoms with Gasteiger partial charge < -0.3 is 29.4 Å². The number of methoxy groups -OCH3 is 1. The number of hydrogen-bond acceptors (Lipinski definition) is 6. The van der Waals surface area contributed by atoms with Gasteiger partial charge in [0.1, 0.15) is 13.2 Å². The van der Waals surface area contributed by atoms with Crippen molar-refractivity contribution >= 4 is 0 Å². The van der Waals surface area contributed by atoms with Crippen LogP contribution in [0.15, 0.2) is 18.2 Å². The van der Waals surface area contributed by atoms with Gasteiger partial charge in [0.2, 0.25) is 0 Å². The number of hydrogen-bond donors (Lipinski definition) is 2. The highest BCUT2D eigenvalue weighted by Gasteiger charge is 2.15. The zero-order chi connectivity index (χ0) is 14.9. The molecule has 1 heterocycles. The third-order valence-electron chi connectivity index (χ3n) is 3.14. The molecule has 1 aromatic rings. The van der Waals surface area contributed by atoms with Crippen molar-refractivity contribution in [2.24, 2.45) is 0 Å². The monoisotopic (exact) mass is 297 g/mol. The second-order valence-electron chi connectivity index (χ2n) is 4.73. The van der Waals surface area contributed by atoms with Crippen molar-refractivity contribution in [3.05, 3.63) is 23.8 Å². The van der Waals surface area contributed by atoms with Gasteiger partial charge in [-0.3, -0.25) is 0 Å². The summed E-state index contributed by atoms with van der Waals surface area (Å²) < 4.78 is 21.2. The van der Waals surface area contributed by atoms with E-state index in [2.05, 4.69) is 5.32 Å². The highest BCUT2D eigenvalue weighted by atomic mass is 16.6. The largest absolute Gasteiger partial charge is 0.486 e. The second-order valence-corrected chi connectivity index (χ2v) is 4.73. The fraction of sp³-hybridized carbons (Fsp3) is 0.600. The number of aliphatic hydroxyl groups is 1. The first kappa shape index (κ1) is 16.0. The molecular formula is C15H23NO5. The molecule has 118 valence electrons. The van der Waals surface area contributed by atoms with Gasteiger partial charge in [-0.25, -0.2) is 0 Å². The number of nitrogens with one attached hydrogen (secondary N) is 1. The Morgan fingerprint density at radius 2 is 2.00 bits per heavy atom. The molecule has 0 fully saturated rings. The Morgan fingerprint density at radius 1 is 1.19 bits per heavy atom. The molecule has 1 aliphatic heterocycles. The van der Waals surface area contributed by atoms with E-state index >= 15 is 0 Å². The van der Waals surface area contributed by atoms with Crippen LogP contribution in [0.25, 0.3) is 0 Å². The molecule has 0 saturated carbocycles. The van der Waals surface area contributed by atoms with Crippen molar-refractivity contribution < 1.29 is 24.1 Å². The molecule has 2 rings (SSSR count). The molecule has 6 nitrogen and oxygen atoms in total. The first-order valence-electron chi connectivity index (χ1n) is 7.16. The van der Waals surface area contributed by atoms with E-state index in [-0.39, 0.29) is 0 Å². The summed E-state index contributed by atoms with van der Waals surface area (Å²) in [7, 11) is 1.64. The summed E-state index contributed by atoms with van der Waals surface area (Å²) in [5.74, 6) is 1.43. The molecule has 2 N–H and O–H groups in total. The Balaban J connectivity index is 1.69. The van der Waals surface area contributed by atoms with Crippen molar-refractivity contribution in [3.8, 4) is 11.5 Å². The Labute approximate surface area is 125 Å². The SMILES string of the molecule is COCCOCCNCC(O)c1ccc2c(c1)OCCO2. The van der Waals surface area contributed by atoms with E-state index in [0.717, 1.165) is 11.3 Å². The number of ether oxygens (including phenoxy) is 4. The predicted molar refractivity (Wildman–Crippen MR) is 78.0 cm³/mol. The summed E-state index contributed by atoms with van der Waals surface area (Å²) in [4.78, 5) is 0. The molecule has 0 saturated heterocycles. The zero-order valence-corrected chi connectivity index (χ0v) is 12.3. The lowest BCUT2D eigenvalue weighted by atomic mass is 10.1. The Hall–Kier alpha value is -1.34. The lowest BCUT2D eigenvalue weighted by Crippen LogP contribution is -2.26. The minimum absolute atomic E-state index is 0.466. The van der Waals surface area contributed by atoms with Gasteiger partial charge >= 0.3 is 0 Å². The first-order valence-corrected chi connectivity index (χ1v) is 7.16.